The topological polar surface area (TPSA) is 70.1 Å². The lowest BCUT2D eigenvalue weighted by Crippen LogP contribution is -2.40. The summed E-state index contributed by atoms with van der Waals surface area (Å²) in [4.78, 5) is 19.6. The molecular weight excluding hydrogens is 428 g/mol. The van der Waals surface area contributed by atoms with Crippen LogP contribution >= 0.6 is 11.3 Å². The van der Waals surface area contributed by atoms with Crippen LogP contribution < -0.4 is 19.1 Å². The fraction of sp³-hybridized carbons (Fsp3) is 0.333. The first kappa shape index (κ1) is 22.1. The highest BCUT2D eigenvalue weighted by atomic mass is 32.1. The molecule has 1 aromatic heterocycles. The van der Waals surface area contributed by atoms with Gasteiger partial charge in [0.2, 0.25) is 0 Å². The summed E-state index contributed by atoms with van der Waals surface area (Å²) >= 11 is 1.43. The Labute approximate surface area is 191 Å². The molecule has 168 valence electrons. The molecule has 0 unspecified atom stereocenters. The van der Waals surface area contributed by atoms with Crippen molar-refractivity contribution in [2.24, 2.45) is 0 Å². The van der Waals surface area contributed by atoms with Gasteiger partial charge in [0.1, 0.15) is 17.2 Å². The monoisotopic (exact) mass is 454 g/mol. The van der Waals surface area contributed by atoms with E-state index in [0.717, 1.165) is 36.5 Å². The molecule has 1 saturated heterocycles. The molecule has 1 fully saturated rings. The molecule has 1 aliphatic rings. The Balaban J connectivity index is 1.50. The summed E-state index contributed by atoms with van der Waals surface area (Å²) in [5.74, 6) is 1.87. The van der Waals surface area contributed by atoms with Gasteiger partial charge in [-0.3, -0.25) is 9.69 Å². The predicted octanol–water partition coefficient (Wildman–Crippen LogP) is 4.42. The van der Waals surface area contributed by atoms with E-state index in [0.29, 0.717) is 23.2 Å². The normalized spacial score (nSPS) is 15.4. The van der Waals surface area contributed by atoms with E-state index in [1.807, 2.05) is 41.8 Å². The minimum Gasteiger partial charge on any atom is -0.497 e. The van der Waals surface area contributed by atoms with Crippen LogP contribution in [-0.2, 0) is 9.53 Å². The molecule has 4 rings (SSSR count). The molecule has 32 heavy (non-hydrogen) atoms. The summed E-state index contributed by atoms with van der Waals surface area (Å²) in [6, 6.07) is 14.9. The number of rotatable bonds is 9. The lowest BCUT2D eigenvalue weighted by Gasteiger charge is -2.23. The minimum atomic E-state index is -0.168. The van der Waals surface area contributed by atoms with Crippen LogP contribution in [0.3, 0.4) is 0 Å². The van der Waals surface area contributed by atoms with Gasteiger partial charge in [-0.25, -0.2) is 4.98 Å². The van der Waals surface area contributed by atoms with Gasteiger partial charge in [0.25, 0.3) is 5.91 Å². The van der Waals surface area contributed by atoms with Crippen molar-refractivity contribution in [3.63, 3.8) is 0 Å². The first-order valence-electron chi connectivity index (χ1n) is 10.4. The largest absolute Gasteiger partial charge is 0.497 e. The number of ether oxygens (including phenoxy) is 4. The summed E-state index contributed by atoms with van der Waals surface area (Å²) in [6.07, 6.45) is 1.93. The molecule has 1 aliphatic heterocycles. The second-order valence-corrected chi connectivity index (χ2v) is 8.19. The zero-order chi connectivity index (χ0) is 22.3. The van der Waals surface area contributed by atoms with Gasteiger partial charge in [0, 0.05) is 23.6 Å². The smallest absolute Gasteiger partial charge is 0.266 e. The van der Waals surface area contributed by atoms with Crippen molar-refractivity contribution in [3.8, 4) is 28.5 Å². The average molecular weight is 455 g/mol. The van der Waals surface area contributed by atoms with Crippen LogP contribution in [0.5, 0.6) is 17.2 Å². The van der Waals surface area contributed by atoms with E-state index in [1.165, 1.54) is 11.3 Å². The maximum atomic E-state index is 13.2. The number of aromatic nitrogens is 1. The zero-order valence-electron chi connectivity index (χ0n) is 18.2. The quantitative estimate of drug-likeness (QED) is 0.477. The number of amides is 1. The molecule has 0 saturated carbocycles. The summed E-state index contributed by atoms with van der Waals surface area (Å²) in [5.41, 5.74) is 1.77. The number of carbonyl (C=O) groups excluding carboxylic acids is 1. The maximum Gasteiger partial charge on any atom is 0.266 e. The van der Waals surface area contributed by atoms with Gasteiger partial charge in [-0.2, -0.15) is 0 Å². The van der Waals surface area contributed by atoms with Gasteiger partial charge < -0.3 is 18.9 Å². The van der Waals surface area contributed by atoms with E-state index in [1.54, 1.807) is 31.3 Å². The summed E-state index contributed by atoms with van der Waals surface area (Å²) in [6.45, 7) is 1.08. The van der Waals surface area contributed by atoms with Crippen LogP contribution in [0.15, 0.2) is 53.9 Å². The number of methoxy groups -OCH3 is 2. The van der Waals surface area contributed by atoms with Gasteiger partial charge in [0.15, 0.2) is 11.7 Å². The van der Waals surface area contributed by atoms with Crippen molar-refractivity contribution in [2.75, 3.05) is 38.9 Å². The molecule has 0 spiro atoms. The highest BCUT2D eigenvalue weighted by Gasteiger charge is 2.26. The fourth-order valence-corrected chi connectivity index (χ4v) is 4.34. The van der Waals surface area contributed by atoms with E-state index in [-0.39, 0.29) is 18.6 Å². The Morgan fingerprint density at radius 1 is 1.12 bits per heavy atom. The predicted molar refractivity (Wildman–Crippen MR) is 124 cm³/mol. The van der Waals surface area contributed by atoms with Crippen LogP contribution in [0.2, 0.25) is 0 Å². The van der Waals surface area contributed by atoms with E-state index in [9.17, 15) is 4.79 Å². The average Bonchev–Trinajstić information content (AvgIpc) is 3.53. The standard InChI is InChI=1S/C24H26N2O5S/c1-28-18-10-8-17(9-11-18)22-16-32-24(25-22)26(14-21-7-4-12-30-21)23(27)15-31-20-6-3-5-19(13-20)29-2/h3,5-6,8-11,13,16,21H,4,7,12,14-15H2,1-2H3/t21-/m0/s1. The van der Waals surface area contributed by atoms with Crippen molar-refractivity contribution in [1.29, 1.82) is 0 Å². The molecule has 0 N–H and O–H groups in total. The van der Waals surface area contributed by atoms with Crippen molar-refractivity contribution < 1.29 is 23.7 Å². The number of anilines is 1. The SMILES string of the molecule is COc1ccc(-c2csc(N(C[C@@H]3CCCO3)C(=O)COc3cccc(OC)c3)n2)cc1. The molecular formula is C24H26N2O5S. The van der Waals surface area contributed by atoms with E-state index in [2.05, 4.69) is 0 Å². The minimum absolute atomic E-state index is 0.00380. The van der Waals surface area contributed by atoms with Gasteiger partial charge >= 0.3 is 0 Å². The van der Waals surface area contributed by atoms with Crippen molar-refractivity contribution in [2.45, 2.75) is 18.9 Å². The highest BCUT2D eigenvalue weighted by Crippen LogP contribution is 2.30. The molecule has 3 aromatic rings. The Bertz CT molecular complexity index is 1030. The van der Waals surface area contributed by atoms with E-state index >= 15 is 0 Å². The molecule has 0 aliphatic carbocycles. The molecule has 8 heteroatoms. The molecule has 0 radical (unpaired) electrons. The lowest BCUT2D eigenvalue weighted by atomic mass is 10.2. The number of benzene rings is 2. The first-order chi connectivity index (χ1) is 15.7. The summed E-state index contributed by atoms with van der Waals surface area (Å²) in [7, 11) is 3.23. The Hall–Kier alpha value is -3.10. The number of hydrogen-bond donors (Lipinski definition) is 0. The number of hydrogen-bond acceptors (Lipinski definition) is 7. The lowest BCUT2D eigenvalue weighted by molar-refractivity contribution is -0.120. The zero-order valence-corrected chi connectivity index (χ0v) is 19.0. The highest BCUT2D eigenvalue weighted by molar-refractivity contribution is 7.14. The molecule has 2 aromatic carbocycles. The van der Waals surface area contributed by atoms with E-state index in [4.69, 9.17) is 23.9 Å². The van der Waals surface area contributed by atoms with Crippen LogP contribution in [0.25, 0.3) is 11.3 Å². The second-order valence-electron chi connectivity index (χ2n) is 7.35. The van der Waals surface area contributed by atoms with Crippen LogP contribution in [0.1, 0.15) is 12.8 Å². The molecule has 7 nitrogen and oxygen atoms in total. The maximum absolute atomic E-state index is 13.2. The fourth-order valence-electron chi connectivity index (χ4n) is 3.48. The Kier molecular flexibility index (Phi) is 7.24. The number of carbonyl (C=O) groups is 1. The summed E-state index contributed by atoms with van der Waals surface area (Å²) in [5, 5.41) is 2.58. The van der Waals surface area contributed by atoms with Gasteiger partial charge in [-0.05, 0) is 49.2 Å². The van der Waals surface area contributed by atoms with Crippen molar-refractivity contribution in [3.05, 3.63) is 53.9 Å². The van der Waals surface area contributed by atoms with E-state index < -0.39 is 0 Å². The van der Waals surface area contributed by atoms with Crippen LogP contribution in [0, 0.1) is 0 Å². The number of thiazole rings is 1. The summed E-state index contributed by atoms with van der Waals surface area (Å²) < 4.78 is 22.0. The van der Waals surface area contributed by atoms with Crippen LogP contribution in [0.4, 0.5) is 5.13 Å². The third kappa shape index (κ3) is 5.38. The molecule has 2 heterocycles. The van der Waals surface area contributed by atoms with Crippen LogP contribution in [-0.4, -0.2) is 51.0 Å². The molecule has 1 atom stereocenters. The third-order valence-corrected chi connectivity index (χ3v) is 6.09. The van der Waals surface area contributed by atoms with Gasteiger partial charge in [0.05, 0.1) is 32.6 Å². The number of nitrogens with zero attached hydrogens (tertiary/aromatic N) is 2. The molecule has 1 amide bonds. The third-order valence-electron chi connectivity index (χ3n) is 5.22. The second kappa shape index (κ2) is 10.5. The molecule has 0 bridgehead atoms. The Morgan fingerprint density at radius 2 is 1.91 bits per heavy atom. The van der Waals surface area contributed by atoms with Gasteiger partial charge in [-0.15, -0.1) is 11.3 Å². The van der Waals surface area contributed by atoms with Crippen molar-refractivity contribution >= 4 is 22.4 Å². The first-order valence-corrected chi connectivity index (χ1v) is 11.3. The van der Waals surface area contributed by atoms with Gasteiger partial charge in [-0.1, -0.05) is 6.07 Å². The Morgan fingerprint density at radius 3 is 2.62 bits per heavy atom. The van der Waals surface area contributed by atoms with Crippen molar-refractivity contribution in [1.82, 2.24) is 4.98 Å².